The van der Waals surface area contributed by atoms with E-state index in [9.17, 15) is 0 Å². The van der Waals surface area contributed by atoms with Gasteiger partial charge in [0.2, 0.25) is 0 Å². The second-order valence-corrected chi connectivity index (χ2v) is 3.13. The number of nitrogens with zero attached hydrogens (tertiary/aromatic N) is 2. The van der Waals surface area contributed by atoms with Gasteiger partial charge in [0, 0.05) is 25.8 Å². The Morgan fingerprint density at radius 2 is 2.27 bits per heavy atom. The summed E-state index contributed by atoms with van der Waals surface area (Å²) >= 11 is 0. The molecule has 1 rings (SSSR count). The van der Waals surface area contributed by atoms with Crippen LogP contribution in [-0.4, -0.2) is 31.2 Å². The molecule has 0 spiro atoms. The molecule has 0 saturated heterocycles. The Balaban J connectivity index is 2.88. The quantitative estimate of drug-likeness (QED) is 0.766. The molecule has 0 aliphatic heterocycles. The Hall–Kier alpha value is -1.29. The number of anilines is 1. The molecule has 0 radical (unpaired) electrons. The Kier molecular flexibility index (Phi) is 4.90. The number of pyridine rings is 1. The normalized spacial score (nSPS) is 10.1. The third-order valence-corrected chi connectivity index (χ3v) is 2.13. The topological polar surface area (TPSA) is 51.4 Å². The lowest BCUT2D eigenvalue weighted by Crippen LogP contribution is -2.30. The number of hydrogen-bond acceptors (Lipinski definition) is 4. The summed E-state index contributed by atoms with van der Waals surface area (Å²) in [5.41, 5.74) is 5.56. The summed E-state index contributed by atoms with van der Waals surface area (Å²) in [5.74, 6) is 1.71. The van der Waals surface area contributed by atoms with Gasteiger partial charge in [0.1, 0.15) is 0 Å². The van der Waals surface area contributed by atoms with E-state index in [0.717, 1.165) is 24.7 Å². The monoisotopic (exact) mass is 209 g/mol. The molecule has 0 saturated carbocycles. The number of ether oxygens (including phenoxy) is 1. The van der Waals surface area contributed by atoms with E-state index in [1.54, 1.807) is 6.20 Å². The molecule has 0 aliphatic rings. The van der Waals surface area contributed by atoms with Gasteiger partial charge >= 0.3 is 0 Å². The predicted molar refractivity (Wildman–Crippen MR) is 62.3 cm³/mol. The van der Waals surface area contributed by atoms with Crippen LogP contribution in [-0.2, 0) is 0 Å². The summed E-state index contributed by atoms with van der Waals surface area (Å²) in [4.78, 5) is 6.45. The molecule has 1 aromatic rings. The smallest absolute Gasteiger partial charge is 0.171 e. The van der Waals surface area contributed by atoms with E-state index in [4.69, 9.17) is 10.5 Å². The van der Waals surface area contributed by atoms with Crippen molar-refractivity contribution in [1.82, 2.24) is 4.98 Å². The van der Waals surface area contributed by atoms with Crippen molar-refractivity contribution in [2.75, 3.05) is 31.1 Å². The summed E-state index contributed by atoms with van der Waals surface area (Å²) in [6.07, 6.45) is 1.77. The van der Waals surface area contributed by atoms with Crippen LogP contribution in [0.4, 0.5) is 5.82 Å². The van der Waals surface area contributed by atoms with Crippen LogP contribution < -0.4 is 15.4 Å². The highest BCUT2D eigenvalue weighted by molar-refractivity contribution is 5.51. The number of hydrogen-bond donors (Lipinski definition) is 1. The molecule has 0 atom stereocenters. The zero-order valence-electron chi connectivity index (χ0n) is 9.44. The lowest BCUT2D eigenvalue weighted by Gasteiger charge is -2.23. The summed E-state index contributed by atoms with van der Waals surface area (Å²) in [5, 5.41) is 0. The van der Waals surface area contributed by atoms with Crippen LogP contribution in [0.3, 0.4) is 0 Å². The first-order valence-corrected chi connectivity index (χ1v) is 5.36. The number of likely N-dealkylation sites (N-methyl/N-ethyl adjacent to an activating group) is 1. The SMILES string of the molecule is CCOc1cccnc1N(CC)CCN. The van der Waals surface area contributed by atoms with E-state index < -0.39 is 0 Å². The van der Waals surface area contributed by atoms with Gasteiger partial charge in [-0.2, -0.15) is 0 Å². The number of aromatic nitrogens is 1. The first kappa shape index (κ1) is 11.8. The third kappa shape index (κ3) is 3.09. The molecule has 0 aliphatic carbocycles. The summed E-state index contributed by atoms with van der Waals surface area (Å²) in [6.45, 7) is 7.01. The van der Waals surface area contributed by atoms with Crippen molar-refractivity contribution >= 4 is 5.82 Å². The number of rotatable bonds is 6. The molecule has 0 amide bonds. The lowest BCUT2D eigenvalue weighted by molar-refractivity contribution is 0.339. The van der Waals surface area contributed by atoms with E-state index in [1.165, 1.54) is 0 Å². The van der Waals surface area contributed by atoms with Crippen molar-refractivity contribution in [3.05, 3.63) is 18.3 Å². The van der Waals surface area contributed by atoms with Crippen LogP contribution in [0.1, 0.15) is 13.8 Å². The van der Waals surface area contributed by atoms with E-state index in [1.807, 2.05) is 19.1 Å². The van der Waals surface area contributed by atoms with E-state index >= 15 is 0 Å². The summed E-state index contributed by atoms with van der Waals surface area (Å²) in [7, 11) is 0. The van der Waals surface area contributed by atoms with Crippen molar-refractivity contribution in [3.8, 4) is 5.75 Å². The Morgan fingerprint density at radius 3 is 2.87 bits per heavy atom. The van der Waals surface area contributed by atoms with Crippen molar-refractivity contribution in [1.29, 1.82) is 0 Å². The lowest BCUT2D eigenvalue weighted by atomic mass is 10.3. The molecule has 1 heterocycles. The largest absolute Gasteiger partial charge is 0.490 e. The Morgan fingerprint density at radius 1 is 1.47 bits per heavy atom. The maximum atomic E-state index is 5.56. The fourth-order valence-electron chi connectivity index (χ4n) is 1.46. The minimum atomic E-state index is 0.621. The number of nitrogens with two attached hydrogens (primary N) is 1. The fourth-order valence-corrected chi connectivity index (χ4v) is 1.46. The average molecular weight is 209 g/mol. The standard InChI is InChI=1S/C11H19N3O/c1-3-14(9-7-12)11-10(15-4-2)6-5-8-13-11/h5-6,8H,3-4,7,9,12H2,1-2H3. The van der Waals surface area contributed by atoms with Crippen molar-refractivity contribution in [2.45, 2.75) is 13.8 Å². The maximum Gasteiger partial charge on any atom is 0.171 e. The minimum absolute atomic E-state index is 0.621. The van der Waals surface area contributed by atoms with Crippen LogP contribution in [0.2, 0.25) is 0 Å². The zero-order chi connectivity index (χ0) is 11.1. The molecule has 0 fully saturated rings. The highest BCUT2D eigenvalue weighted by Crippen LogP contribution is 2.24. The van der Waals surface area contributed by atoms with Crippen LogP contribution in [0.25, 0.3) is 0 Å². The second-order valence-electron chi connectivity index (χ2n) is 3.13. The van der Waals surface area contributed by atoms with Gasteiger partial charge in [-0.05, 0) is 26.0 Å². The van der Waals surface area contributed by atoms with E-state index in [2.05, 4.69) is 16.8 Å². The molecule has 0 aromatic carbocycles. The zero-order valence-corrected chi connectivity index (χ0v) is 9.44. The second kappa shape index (κ2) is 6.24. The van der Waals surface area contributed by atoms with E-state index in [-0.39, 0.29) is 0 Å². The van der Waals surface area contributed by atoms with Crippen LogP contribution in [0.5, 0.6) is 5.75 Å². The van der Waals surface area contributed by atoms with Gasteiger partial charge in [0.05, 0.1) is 6.61 Å². The molecule has 0 unspecified atom stereocenters. The Bertz CT molecular complexity index is 291. The maximum absolute atomic E-state index is 5.56. The minimum Gasteiger partial charge on any atom is -0.490 e. The fraction of sp³-hybridized carbons (Fsp3) is 0.545. The highest BCUT2D eigenvalue weighted by Gasteiger charge is 2.10. The van der Waals surface area contributed by atoms with Crippen molar-refractivity contribution in [2.24, 2.45) is 5.73 Å². The molecule has 2 N–H and O–H groups in total. The van der Waals surface area contributed by atoms with E-state index in [0.29, 0.717) is 13.2 Å². The van der Waals surface area contributed by atoms with Crippen molar-refractivity contribution in [3.63, 3.8) is 0 Å². The molecule has 84 valence electrons. The first-order valence-electron chi connectivity index (χ1n) is 5.36. The Labute approximate surface area is 91.1 Å². The van der Waals surface area contributed by atoms with Gasteiger partial charge in [0.15, 0.2) is 11.6 Å². The summed E-state index contributed by atoms with van der Waals surface area (Å²) < 4.78 is 5.52. The van der Waals surface area contributed by atoms with Gasteiger partial charge in [-0.1, -0.05) is 0 Å². The van der Waals surface area contributed by atoms with Gasteiger partial charge < -0.3 is 15.4 Å². The molecule has 1 aromatic heterocycles. The molecular weight excluding hydrogens is 190 g/mol. The highest BCUT2D eigenvalue weighted by atomic mass is 16.5. The van der Waals surface area contributed by atoms with Gasteiger partial charge in [-0.25, -0.2) is 4.98 Å². The van der Waals surface area contributed by atoms with Crippen LogP contribution in [0, 0.1) is 0 Å². The molecular formula is C11H19N3O. The van der Waals surface area contributed by atoms with Gasteiger partial charge in [-0.15, -0.1) is 0 Å². The van der Waals surface area contributed by atoms with Gasteiger partial charge in [0.25, 0.3) is 0 Å². The van der Waals surface area contributed by atoms with Crippen molar-refractivity contribution < 1.29 is 4.74 Å². The summed E-state index contributed by atoms with van der Waals surface area (Å²) in [6, 6.07) is 3.82. The third-order valence-electron chi connectivity index (χ3n) is 2.13. The molecule has 4 nitrogen and oxygen atoms in total. The molecule has 4 heteroatoms. The first-order chi connectivity index (χ1) is 7.33. The van der Waals surface area contributed by atoms with Gasteiger partial charge in [-0.3, -0.25) is 0 Å². The average Bonchev–Trinajstić information content (AvgIpc) is 2.27. The predicted octanol–water partition coefficient (Wildman–Crippen LogP) is 1.27. The molecule has 0 bridgehead atoms. The van der Waals surface area contributed by atoms with Crippen LogP contribution in [0.15, 0.2) is 18.3 Å². The molecule has 15 heavy (non-hydrogen) atoms. The van der Waals surface area contributed by atoms with Crippen LogP contribution >= 0.6 is 0 Å².